The van der Waals surface area contributed by atoms with Crippen LogP contribution >= 0.6 is 11.6 Å². The summed E-state index contributed by atoms with van der Waals surface area (Å²) in [6.07, 6.45) is 0.466. The predicted molar refractivity (Wildman–Crippen MR) is 119 cm³/mol. The maximum absolute atomic E-state index is 12.6. The Morgan fingerprint density at radius 1 is 1.00 bits per heavy atom. The largest absolute Gasteiger partial charge is 0.415 e. The average molecular weight is 462 g/mol. The number of hydrogen-bond donors (Lipinski definition) is 0. The van der Waals surface area contributed by atoms with Crippen LogP contribution in [0.15, 0.2) is 71.4 Å². The van der Waals surface area contributed by atoms with Crippen LogP contribution in [0.4, 0.5) is 8.78 Å². The lowest BCUT2D eigenvalue weighted by molar-refractivity contribution is 0.116. The van der Waals surface area contributed by atoms with Gasteiger partial charge in [0.05, 0.1) is 29.5 Å². The first-order valence-electron chi connectivity index (χ1n) is 9.86. The molecular formula is C24H14ClF2N5O. The highest BCUT2D eigenvalue weighted by Gasteiger charge is 2.17. The topological polar surface area (TPSA) is 69.6 Å². The fourth-order valence-electron chi connectivity index (χ4n) is 3.28. The van der Waals surface area contributed by atoms with Crippen LogP contribution in [0.5, 0.6) is 0 Å². The fraction of sp³-hybridized carbons (Fsp3) is 0.0833. The molecular weight excluding hydrogens is 448 g/mol. The van der Waals surface area contributed by atoms with Gasteiger partial charge in [0, 0.05) is 27.7 Å². The lowest BCUT2D eigenvalue weighted by Crippen LogP contribution is -2.03. The molecule has 33 heavy (non-hydrogen) atoms. The molecule has 0 amide bonds. The van der Waals surface area contributed by atoms with Gasteiger partial charge >= 0.3 is 6.43 Å². The van der Waals surface area contributed by atoms with Gasteiger partial charge < -0.3 is 4.42 Å². The van der Waals surface area contributed by atoms with E-state index in [9.17, 15) is 8.78 Å². The van der Waals surface area contributed by atoms with Crippen molar-refractivity contribution in [2.24, 2.45) is 0 Å². The molecule has 0 radical (unpaired) electrons. The molecule has 0 aliphatic carbocycles. The molecule has 0 aliphatic rings. The third-order valence-corrected chi connectivity index (χ3v) is 5.10. The Hall–Kier alpha value is -4.09. The molecule has 0 saturated carbocycles. The second-order valence-corrected chi connectivity index (χ2v) is 7.52. The van der Waals surface area contributed by atoms with E-state index >= 15 is 0 Å². The van der Waals surface area contributed by atoms with Gasteiger partial charge in [-0.05, 0) is 42.5 Å². The van der Waals surface area contributed by atoms with Crippen molar-refractivity contribution in [2.75, 3.05) is 0 Å². The van der Waals surface area contributed by atoms with Crippen LogP contribution < -0.4 is 0 Å². The Bertz CT molecular complexity index is 1500. The van der Waals surface area contributed by atoms with E-state index in [2.05, 4.69) is 32.1 Å². The van der Waals surface area contributed by atoms with Crippen molar-refractivity contribution in [3.63, 3.8) is 0 Å². The molecule has 2 aromatic carbocycles. The predicted octanol–water partition coefficient (Wildman–Crippen LogP) is 5.52. The number of aromatic nitrogens is 5. The minimum atomic E-state index is -2.81. The van der Waals surface area contributed by atoms with Gasteiger partial charge in [0.25, 0.3) is 5.89 Å². The smallest absolute Gasteiger partial charge is 0.314 e. The van der Waals surface area contributed by atoms with Crippen LogP contribution in [-0.2, 0) is 6.54 Å². The lowest BCUT2D eigenvalue weighted by atomic mass is 10.1. The first kappa shape index (κ1) is 20.8. The van der Waals surface area contributed by atoms with Gasteiger partial charge in [-0.25, -0.2) is 0 Å². The summed E-state index contributed by atoms with van der Waals surface area (Å²) in [6.45, 7) is 0.418. The van der Waals surface area contributed by atoms with Crippen molar-refractivity contribution in [2.45, 2.75) is 13.0 Å². The zero-order valence-corrected chi connectivity index (χ0v) is 17.7. The minimum Gasteiger partial charge on any atom is -0.415 e. The third-order valence-electron chi connectivity index (χ3n) is 4.86. The summed E-state index contributed by atoms with van der Waals surface area (Å²) < 4.78 is 32.1. The molecule has 6 nitrogen and oxygen atoms in total. The van der Waals surface area contributed by atoms with Gasteiger partial charge in [-0.2, -0.15) is 13.9 Å². The Morgan fingerprint density at radius 3 is 2.64 bits per heavy atom. The van der Waals surface area contributed by atoms with E-state index in [-0.39, 0.29) is 5.89 Å². The van der Waals surface area contributed by atoms with Gasteiger partial charge in [0.1, 0.15) is 0 Å². The normalized spacial score (nSPS) is 11.0. The van der Waals surface area contributed by atoms with Crippen molar-refractivity contribution < 1.29 is 13.2 Å². The molecule has 0 aliphatic heterocycles. The summed E-state index contributed by atoms with van der Waals surface area (Å²) in [5, 5.41) is 13.0. The van der Waals surface area contributed by atoms with Crippen molar-refractivity contribution in [3.8, 4) is 23.3 Å². The Labute approximate surface area is 191 Å². The molecule has 3 aromatic heterocycles. The molecule has 3 heterocycles. The van der Waals surface area contributed by atoms with Crippen molar-refractivity contribution in [1.82, 2.24) is 25.0 Å². The van der Waals surface area contributed by atoms with Crippen LogP contribution in [0.1, 0.15) is 29.1 Å². The maximum Gasteiger partial charge on any atom is 0.314 e. The van der Waals surface area contributed by atoms with E-state index in [4.69, 9.17) is 16.0 Å². The number of fused-ring (bicyclic) bond motifs is 1. The van der Waals surface area contributed by atoms with E-state index < -0.39 is 12.3 Å². The molecule has 162 valence electrons. The van der Waals surface area contributed by atoms with E-state index in [0.29, 0.717) is 17.1 Å². The average Bonchev–Trinajstić information content (AvgIpc) is 3.47. The van der Waals surface area contributed by atoms with Crippen molar-refractivity contribution in [1.29, 1.82) is 0 Å². The lowest BCUT2D eigenvalue weighted by Gasteiger charge is -2.04. The number of pyridine rings is 1. The molecule has 0 bridgehead atoms. The Kier molecular flexibility index (Phi) is 5.55. The van der Waals surface area contributed by atoms with E-state index in [1.54, 1.807) is 24.4 Å². The molecule has 9 heteroatoms. The highest BCUT2D eigenvalue weighted by atomic mass is 35.5. The summed E-state index contributed by atoms with van der Waals surface area (Å²) in [7, 11) is 0. The summed E-state index contributed by atoms with van der Waals surface area (Å²) >= 11 is 6.03. The quantitative estimate of drug-likeness (QED) is 0.329. The second-order valence-electron chi connectivity index (χ2n) is 7.09. The van der Waals surface area contributed by atoms with Crippen LogP contribution in [0.2, 0.25) is 5.02 Å². The van der Waals surface area contributed by atoms with Gasteiger partial charge in [0.15, 0.2) is 0 Å². The molecule has 5 rings (SSSR count). The number of benzene rings is 2. The van der Waals surface area contributed by atoms with Gasteiger partial charge in [-0.1, -0.05) is 35.6 Å². The van der Waals surface area contributed by atoms with E-state index in [0.717, 1.165) is 27.7 Å². The highest BCUT2D eigenvalue weighted by Crippen LogP contribution is 2.23. The summed E-state index contributed by atoms with van der Waals surface area (Å²) in [6, 6.07) is 16.7. The van der Waals surface area contributed by atoms with Crippen LogP contribution in [0.25, 0.3) is 22.4 Å². The zero-order valence-electron chi connectivity index (χ0n) is 16.9. The Morgan fingerprint density at radius 2 is 1.88 bits per heavy atom. The van der Waals surface area contributed by atoms with Gasteiger partial charge in [0.2, 0.25) is 5.89 Å². The first-order chi connectivity index (χ1) is 16.1. The van der Waals surface area contributed by atoms with Crippen molar-refractivity contribution >= 4 is 22.5 Å². The van der Waals surface area contributed by atoms with E-state index in [1.165, 1.54) is 6.20 Å². The number of rotatable bonds is 4. The second kappa shape index (κ2) is 8.81. The number of alkyl halides is 2. The molecule has 0 unspecified atom stereocenters. The SMILES string of the molecule is FC(F)c1nnc(-c2ccc(Cn3ncc4c(C#Cc5cccc(Cl)c5)cccc43)nc2)o1. The zero-order chi connectivity index (χ0) is 22.8. The van der Waals surface area contributed by atoms with Gasteiger partial charge in [-0.3, -0.25) is 9.67 Å². The minimum absolute atomic E-state index is 0.00295. The van der Waals surface area contributed by atoms with Crippen LogP contribution in [0.3, 0.4) is 0 Å². The first-order valence-corrected chi connectivity index (χ1v) is 10.2. The third kappa shape index (κ3) is 4.45. The summed E-state index contributed by atoms with van der Waals surface area (Å²) in [4.78, 5) is 4.38. The van der Waals surface area contributed by atoms with E-state index in [1.807, 2.05) is 41.1 Å². The van der Waals surface area contributed by atoms with Gasteiger partial charge in [-0.15, -0.1) is 10.2 Å². The Balaban J connectivity index is 1.38. The van der Waals surface area contributed by atoms with Crippen LogP contribution in [-0.4, -0.2) is 25.0 Å². The standard InChI is InChI=1S/C24H14ClF2N5O/c25-18-5-1-3-15(11-18)7-8-16-4-2-6-21-20(16)13-29-32(21)14-19-10-9-17(12-28-19)23-30-31-24(33-23)22(26)27/h1-6,9-13,22H,14H2. The highest BCUT2D eigenvalue weighted by molar-refractivity contribution is 6.30. The maximum atomic E-state index is 12.6. The van der Waals surface area contributed by atoms with Crippen LogP contribution in [0, 0.1) is 11.8 Å². The molecule has 0 saturated heterocycles. The number of hydrogen-bond acceptors (Lipinski definition) is 5. The summed E-state index contributed by atoms with van der Waals surface area (Å²) in [5.41, 5.74) is 3.79. The number of nitrogens with zero attached hydrogens (tertiary/aromatic N) is 5. The number of halogens is 3. The van der Waals surface area contributed by atoms with Crippen molar-refractivity contribution in [3.05, 3.63) is 94.7 Å². The molecule has 0 atom stereocenters. The molecule has 5 aromatic rings. The monoisotopic (exact) mass is 461 g/mol. The molecule has 0 fully saturated rings. The molecule has 0 N–H and O–H groups in total. The summed E-state index contributed by atoms with van der Waals surface area (Å²) in [5.74, 6) is 5.60. The molecule has 0 spiro atoms. The fourth-order valence-corrected chi connectivity index (χ4v) is 3.47.